The van der Waals surface area contributed by atoms with E-state index in [1.165, 1.54) is 17.1 Å². The minimum absolute atomic E-state index is 0.0108. The van der Waals surface area contributed by atoms with Crippen molar-refractivity contribution >= 4 is 21.8 Å². The number of pyridine rings is 1. The van der Waals surface area contributed by atoms with Gasteiger partial charge in [-0.2, -0.15) is 0 Å². The van der Waals surface area contributed by atoms with Gasteiger partial charge in [-0.3, -0.25) is 9.59 Å². The van der Waals surface area contributed by atoms with Crippen LogP contribution in [0.5, 0.6) is 0 Å². The number of nitrogens with zero attached hydrogens (tertiary/aromatic N) is 2. The molecule has 0 spiro atoms. The second-order valence-corrected chi connectivity index (χ2v) is 5.78. The van der Waals surface area contributed by atoms with Crippen LogP contribution in [0.3, 0.4) is 0 Å². The van der Waals surface area contributed by atoms with Crippen molar-refractivity contribution in [2.24, 2.45) is 7.05 Å². The normalized spacial score (nSPS) is 19.5. The number of alkyl halides is 1. The molecular formula is C14H19BrN2O2. The topological polar surface area (TPSA) is 42.3 Å². The number of hydrogen-bond acceptors (Lipinski definition) is 2. The minimum Gasteiger partial charge on any atom is -0.336 e. The summed E-state index contributed by atoms with van der Waals surface area (Å²) < 4.78 is 1.48. The molecule has 104 valence electrons. The molecule has 1 aromatic rings. The maximum atomic E-state index is 12.5. The van der Waals surface area contributed by atoms with E-state index >= 15 is 0 Å². The first-order valence-corrected chi connectivity index (χ1v) is 7.79. The number of rotatable bonds is 3. The van der Waals surface area contributed by atoms with E-state index in [4.69, 9.17) is 0 Å². The number of halogens is 1. The molecule has 0 N–H and O–H groups in total. The van der Waals surface area contributed by atoms with Gasteiger partial charge in [0.2, 0.25) is 0 Å². The van der Waals surface area contributed by atoms with Crippen LogP contribution >= 0.6 is 15.9 Å². The summed E-state index contributed by atoms with van der Waals surface area (Å²) in [4.78, 5) is 26.1. The number of piperidine rings is 1. The number of carbonyl (C=O) groups is 1. The Morgan fingerprint density at radius 1 is 1.47 bits per heavy atom. The third-order valence-corrected chi connectivity index (χ3v) is 4.14. The summed E-state index contributed by atoms with van der Waals surface area (Å²) in [5.41, 5.74) is 0.365. The Bertz CT molecular complexity index is 510. The Labute approximate surface area is 121 Å². The van der Waals surface area contributed by atoms with Crippen LogP contribution in [0.2, 0.25) is 0 Å². The monoisotopic (exact) mass is 326 g/mol. The second-order valence-electron chi connectivity index (χ2n) is 4.99. The van der Waals surface area contributed by atoms with Gasteiger partial charge in [0.1, 0.15) is 0 Å². The van der Waals surface area contributed by atoms with Crippen LogP contribution in [0.1, 0.15) is 36.0 Å². The van der Waals surface area contributed by atoms with Crippen molar-refractivity contribution < 1.29 is 4.79 Å². The SMILES string of the molecule is Cn1ccc(C(=O)N2CCCCC2CCBr)cc1=O. The Morgan fingerprint density at radius 2 is 2.26 bits per heavy atom. The molecule has 1 atom stereocenters. The molecule has 0 aromatic carbocycles. The number of carbonyl (C=O) groups excluding carboxylic acids is 1. The molecule has 1 aliphatic rings. The number of hydrogen-bond donors (Lipinski definition) is 0. The van der Waals surface area contributed by atoms with Gasteiger partial charge >= 0.3 is 0 Å². The highest BCUT2D eigenvalue weighted by Crippen LogP contribution is 2.22. The minimum atomic E-state index is -0.139. The molecule has 0 aliphatic carbocycles. The Morgan fingerprint density at radius 3 is 2.95 bits per heavy atom. The van der Waals surface area contributed by atoms with Crippen molar-refractivity contribution in [3.8, 4) is 0 Å². The Balaban J connectivity index is 2.20. The number of likely N-dealkylation sites (tertiary alicyclic amines) is 1. The van der Waals surface area contributed by atoms with E-state index in [2.05, 4.69) is 15.9 Å². The highest BCUT2D eigenvalue weighted by Gasteiger charge is 2.27. The molecule has 1 saturated heterocycles. The summed E-state index contributed by atoms with van der Waals surface area (Å²) in [6, 6.07) is 3.45. The van der Waals surface area contributed by atoms with Crippen LogP contribution in [0, 0.1) is 0 Å². The van der Waals surface area contributed by atoms with Crippen LogP contribution in [0.25, 0.3) is 0 Å². The lowest BCUT2D eigenvalue weighted by Crippen LogP contribution is -2.44. The summed E-state index contributed by atoms with van der Waals surface area (Å²) in [6.45, 7) is 0.797. The van der Waals surface area contributed by atoms with E-state index in [-0.39, 0.29) is 11.5 Å². The summed E-state index contributed by atoms with van der Waals surface area (Å²) in [5, 5.41) is 0.901. The average molecular weight is 327 g/mol. The summed E-state index contributed by atoms with van der Waals surface area (Å²) in [5.74, 6) is -0.0108. The van der Waals surface area contributed by atoms with Crippen molar-refractivity contribution in [3.05, 3.63) is 34.2 Å². The molecule has 2 rings (SSSR count). The molecule has 5 heteroatoms. The lowest BCUT2D eigenvalue weighted by molar-refractivity contribution is 0.0609. The average Bonchev–Trinajstić information content (AvgIpc) is 2.42. The Kier molecular flexibility index (Phi) is 4.80. The van der Waals surface area contributed by atoms with Gasteiger partial charge in [0.05, 0.1) is 0 Å². The third-order valence-electron chi connectivity index (χ3n) is 3.68. The van der Waals surface area contributed by atoms with Gasteiger partial charge in [-0.05, 0) is 31.7 Å². The van der Waals surface area contributed by atoms with E-state index < -0.39 is 0 Å². The van der Waals surface area contributed by atoms with Crippen molar-refractivity contribution in [1.29, 1.82) is 0 Å². The number of amides is 1. The van der Waals surface area contributed by atoms with E-state index in [0.717, 1.165) is 31.1 Å². The predicted octanol–water partition coefficient (Wildman–Crippen LogP) is 2.17. The lowest BCUT2D eigenvalue weighted by Gasteiger charge is -2.35. The van der Waals surface area contributed by atoms with Crippen LogP contribution in [0.15, 0.2) is 23.1 Å². The highest BCUT2D eigenvalue weighted by atomic mass is 79.9. The molecule has 0 bridgehead atoms. The maximum Gasteiger partial charge on any atom is 0.254 e. The van der Waals surface area contributed by atoms with E-state index in [9.17, 15) is 9.59 Å². The van der Waals surface area contributed by atoms with Gasteiger partial charge in [-0.1, -0.05) is 15.9 Å². The zero-order valence-electron chi connectivity index (χ0n) is 11.1. The van der Waals surface area contributed by atoms with Gasteiger partial charge in [0, 0.05) is 42.8 Å². The van der Waals surface area contributed by atoms with Gasteiger partial charge in [0.25, 0.3) is 11.5 Å². The smallest absolute Gasteiger partial charge is 0.254 e. The summed E-state index contributed by atoms with van der Waals surface area (Å²) in [6.07, 6.45) is 5.91. The van der Waals surface area contributed by atoms with Crippen LogP contribution in [-0.2, 0) is 7.05 Å². The highest BCUT2D eigenvalue weighted by molar-refractivity contribution is 9.09. The zero-order chi connectivity index (χ0) is 13.8. The molecule has 1 aromatic heterocycles. The van der Waals surface area contributed by atoms with Crippen molar-refractivity contribution in [2.75, 3.05) is 11.9 Å². The van der Waals surface area contributed by atoms with Crippen LogP contribution < -0.4 is 5.56 Å². The summed E-state index contributed by atoms with van der Waals surface area (Å²) >= 11 is 3.45. The molecule has 1 unspecified atom stereocenters. The van der Waals surface area contributed by atoms with Crippen LogP contribution in [0.4, 0.5) is 0 Å². The first-order chi connectivity index (χ1) is 9.13. The fourth-order valence-electron chi connectivity index (χ4n) is 2.54. The standard InChI is InChI=1S/C14H19BrN2O2/c1-16-9-6-11(10-13(16)18)14(19)17-8-3-2-4-12(17)5-7-15/h6,9-10,12H,2-5,7-8H2,1H3. The van der Waals surface area contributed by atoms with E-state index in [0.29, 0.717) is 11.6 Å². The predicted molar refractivity (Wildman–Crippen MR) is 78.8 cm³/mol. The molecule has 4 nitrogen and oxygen atoms in total. The largest absolute Gasteiger partial charge is 0.336 e. The molecule has 0 saturated carbocycles. The lowest BCUT2D eigenvalue weighted by atomic mass is 9.99. The van der Waals surface area contributed by atoms with Gasteiger partial charge in [-0.15, -0.1) is 0 Å². The van der Waals surface area contributed by atoms with Gasteiger partial charge in [0.15, 0.2) is 0 Å². The second kappa shape index (κ2) is 6.37. The molecular weight excluding hydrogens is 308 g/mol. The zero-order valence-corrected chi connectivity index (χ0v) is 12.7. The molecule has 0 radical (unpaired) electrons. The fourth-order valence-corrected chi connectivity index (χ4v) is 3.07. The quantitative estimate of drug-likeness (QED) is 0.799. The first-order valence-electron chi connectivity index (χ1n) is 6.67. The number of aromatic nitrogens is 1. The first kappa shape index (κ1) is 14.3. The number of aryl methyl sites for hydroxylation is 1. The molecule has 1 aliphatic heterocycles. The van der Waals surface area contributed by atoms with E-state index in [1.54, 1.807) is 19.3 Å². The summed E-state index contributed by atoms with van der Waals surface area (Å²) in [7, 11) is 1.69. The Hall–Kier alpha value is -1.10. The van der Waals surface area contributed by atoms with Crippen molar-refractivity contribution in [1.82, 2.24) is 9.47 Å². The van der Waals surface area contributed by atoms with E-state index in [1.807, 2.05) is 4.90 Å². The maximum absolute atomic E-state index is 12.5. The van der Waals surface area contributed by atoms with Gasteiger partial charge < -0.3 is 9.47 Å². The molecule has 2 heterocycles. The molecule has 1 amide bonds. The fraction of sp³-hybridized carbons (Fsp3) is 0.571. The van der Waals surface area contributed by atoms with Crippen LogP contribution in [-0.4, -0.2) is 33.3 Å². The third kappa shape index (κ3) is 3.26. The molecule has 19 heavy (non-hydrogen) atoms. The molecule has 1 fully saturated rings. The van der Waals surface area contributed by atoms with Gasteiger partial charge in [-0.25, -0.2) is 0 Å². The van der Waals surface area contributed by atoms with Crippen molar-refractivity contribution in [3.63, 3.8) is 0 Å². The van der Waals surface area contributed by atoms with Crippen molar-refractivity contribution in [2.45, 2.75) is 31.7 Å².